The van der Waals surface area contributed by atoms with Crippen molar-refractivity contribution in [2.24, 2.45) is 0 Å². The van der Waals surface area contributed by atoms with Crippen molar-refractivity contribution in [3.05, 3.63) is 36.4 Å². The summed E-state index contributed by atoms with van der Waals surface area (Å²) in [6.45, 7) is 0. The van der Waals surface area contributed by atoms with Gasteiger partial charge in [-0.3, -0.25) is 0 Å². The molecule has 0 unspecified atom stereocenters. The Bertz CT molecular complexity index is 755. The van der Waals surface area contributed by atoms with Crippen molar-refractivity contribution >= 4 is 31.0 Å². The molecule has 9 heteroatoms. The first kappa shape index (κ1) is 16.3. The number of benzene rings is 2. The summed E-state index contributed by atoms with van der Waals surface area (Å²) in [7, 11) is -9.48. The normalized spacial score (nSPS) is 12.1. The standard InChI is InChI=1S/C10H8O6S2.Ag/c11-17(12,13)9-5-1-3-7-8(9)4-2-6-10(7)18(14,15)16;/h1-6H,(H,11,12,13)(H,14,15,16);/q;+2/p-2. The van der Waals surface area contributed by atoms with E-state index in [1.54, 1.807) is 0 Å². The summed E-state index contributed by atoms with van der Waals surface area (Å²) < 4.78 is 66.1. The van der Waals surface area contributed by atoms with Gasteiger partial charge in [-0.2, -0.15) is 0 Å². The van der Waals surface area contributed by atoms with E-state index in [9.17, 15) is 25.9 Å². The molecule has 105 valence electrons. The fourth-order valence-corrected chi connectivity index (χ4v) is 3.07. The minimum Gasteiger partial charge on any atom is -0.744 e. The average Bonchev–Trinajstić information content (AvgIpc) is 2.24. The third-order valence-electron chi connectivity index (χ3n) is 2.38. The molecule has 1 radical (unpaired) electrons. The van der Waals surface area contributed by atoms with E-state index in [4.69, 9.17) is 0 Å². The van der Waals surface area contributed by atoms with Gasteiger partial charge in [-0.25, -0.2) is 16.8 Å². The first-order valence-corrected chi connectivity index (χ1v) is 7.46. The third kappa shape index (κ3) is 3.23. The smallest absolute Gasteiger partial charge is 0.744 e. The Labute approximate surface area is 125 Å². The van der Waals surface area contributed by atoms with Gasteiger partial charge in [0.1, 0.15) is 20.2 Å². The van der Waals surface area contributed by atoms with Crippen LogP contribution in [-0.4, -0.2) is 25.9 Å². The molecule has 19 heavy (non-hydrogen) atoms. The zero-order chi connectivity index (χ0) is 13.6. The zero-order valence-electron chi connectivity index (χ0n) is 9.03. The van der Waals surface area contributed by atoms with E-state index >= 15 is 0 Å². The Balaban J connectivity index is 0.00000180. The molecule has 0 aliphatic heterocycles. The molecule has 2 rings (SSSR count). The molecular formula is C10H6AgO6S2. The molecule has 0 spiro atoms. The fraction of sp³-hybridized carbons (Fsp3) is 0. The van der Waals surface area contributed by atoms with E-state index in [1.165, 1.54) is 24.3 Å². The van der Waals surface area contributed by atoms with Crippen LogP contribution in [0.15, 0.2) is 46.2 Å². The van der Waals surface area contributed by atoms with Crippen LogP contribution in [0.4, 0.5) is 0 Å². The Kier molecular flexibility index (Phi) is 4.58. The Morgan fingerprint density at radius 1 is 0.684 bits per heavy atom. The molecule has 0 amide bonds. The largest absolute Gasteiger partial charge is 2.00 e. The minimum absolute atomic E-state index is 0. The van der Waals surface area contributed by atoms with Crippen LogP contribution < -0.4 is 0 Å². The molecule has 0 saturated heterocycles. The molecule has 0 fully saturated rings. The van der Waals surface area contributed by atoms with Gasteiger partial charge in [0.2, 0.25) is 0 Å². The van der Waals surface area contributed by atoms with E-state index in [-0.39, 0.29) is 33.2 Å². The molecule has 0 heterocycles. The summed E-state index contributed by atoms with van der Waals surface area (Å²) >= 11 is 0. The summed E-state index contributed by atoms with van der Waals surface area (Å²) in [5.41, 5.74) is 0. The minimum atomic E-state index is -4.74. The molecule has 0 saturated carbocycles. The van der Waals surface area contributed by atoms with Gasteiger partial charge < -0.3 is 9.11 Å². The molecule has 6 nitrogen and oxygen atoms in total. The van der Waals surface area contributed by atoms with Gasteiger partial charge in [0.05, 0.1) is 9.79 Å². The van der Waals surface area contributed by atoms with Crippen molar-refractivity contribution in [1.29, 1.82) is 0 Å². The zero-order valence-corrected chi connectivity index (χ0v) is 12.1. The van der Waals surface area contributed by atoms with Crippen molar-refractivity contribution in [3.63, 3.8) is 0 Å². The van der Waals surface area contributed by atoms with Crippen LogP contribution in [-0.2, 0) is 42.6 Å². The summed E-state index contributed by atoms with van der Waals surface area (Å²) in [5.74, 6) is 0. The maximum absolute atomic E-state index is 11.0. The van der Waals surface area contributed by atoms with Crippen molar-refractivity contribution in [2.45, 2.75) is 9.79 Å². The van der Waals surface area contributed by atoms with Gasteiger partial charge in [-0.1, -0.05) is 24.3 Å². The van der Waals surface area contributed by atoms with E-state index < -0.39 is 30.0 Å². The molecule has 0 atom stereocenters. The summed E-state index contributed by atoms with van der Waals surface area (Å²) in [6.07, 6.45) is 0. The third-order valence-corrected chi connectivity index (χ3v) is 4.17. The van der Waals surface area contributed by atoms with Crippen LogP contribution in [0.3, 0.4) is 0 Å². The first-order chi connectivity index (χ1) is 8.21. The maximum atomic E-state index is 11.0. The van der Waals surface area contributed by atoms with E-state index in [1.807, 2.05) is 0 Å². The van der Waals surface area contributed by atoms with Crippen LogP contribution >= 0.6 is 0 Å². The Morgan fingerprint density at radius 2 is 1.00 bits per heavy atom. The fourth-order valence-electron chi connectivity index (χ4n) is 1.69. The summed E-state index contributed by atoms with van der Waals surface area (Å²) in [5, 5.41) is -0.158. The first-order valence-electron chi connectivity index (χ1n) is 4.65. The van der Waals surface area contributed by atoms with Crippen molar-refractivity contribution < 1.29 is 48.3 Å². The van der Waals surface area contributed by atoms with Crippen molar-refractivity contribution in [2.75, 3.05) is 0 Å². The van der Waals surface area contributed by atoms with Gasteiger partial charge in [0.15, 0.2) is 0 Å². The van der Waals surface area contributed by atoms with E-state index in [0.29, 0.717) is 0 Å². The average molecular weight is 394 g/mol. The van der Waals surface area contributed by atoms with Gasteiger partial charge in [-0.05, 0) is 12.1 Å². The summed E-state index contributed by atoms with van der Waals surface area (Å²) in [6, 6.07) is 7.09. The van der Waals surface area contributed by atoms with Crippen molar-refractivity contribution in [3.8, 4) is 0 Å². The number of fused-ring (bicyclic) bond motifs is 1. The second-order valence-corrected chi connectivity index (χ2v) is 6.21. The van der Waals surface area contributed by atoms with Crippen LogP contribution in [0.25, 0.3) is 10.8 Å². The van der Waals surface area contributed by atoms with Crippen LogP contribution in [0, 0.1) is 0 Å². The monoisotopic (exact) mass is 393 g/mol. The number of rotatable bonds is 2. The van der Waals surface area contributed by atoms with E-state index in [2.05, 4.69) is 0 Å². The molecule has 0 aromatic heterocycles. The molecule has 2 aromatic rings. The van der Waals surface area contributed by atoms with Gasteiger partial charge in [0, 0.05) is 10.8 Å². The second kappa shape index (κ2) is 5.33. The number of hydrogen-bond donors (Lipinski definition) is 0. The van der Waals surface area contributed by atoms with Gasteiger partial charge in [-0.15, -0.1) is 0 Å². The molecule has 0 bridgehead atoms. The molecule has 0 aliphatic rings. The topological polar surface area (TPSA) is 114 Å². The Morgan fingerprint density at radius 3 is 1.26 bits per heavy atom. The van der Waals surface area contributed by atoms with Crippen molar-refractivity contribution in [1.82, 2.24) is 0 Å². The second-order valence-electron chi connectivity index (χ2n) is 3.52. The van der Waals surface area contributed by atoms with Crippen LogP contribution in [0.5, 0.6) is 0 Å². The molecular weight excluding hydrogens is 388 g/mol. The molecule has 2 aromatic carbocycles. The van der Waals surface area contributed by atoms with Gasteiger partial charge in [0.25, 0.3) is 0 Å². The molecule has 0 N–H and O–H groups in total. The Hall–Kier alpha value is -0.740. The quantitative estimate of drug-likeness (QED) is 0.546. The SMILES string of the molecule is O=S(=O)([O-])c1cccc2c(S(=O)(=O)[O-])cccc12.[Ag+2]. The number of hydrogen-bond acceptors (Lipinski definition) is 6. The predicted molar refractivity (Wildman–Crippen MR) is 59.9 cm³/mol. The van der Waals surface area contributed by atoms with E-state index in [0.717, 1.165) is 12.1 Å². The van der Waals surface area contributed by atoms with Gasteiger partial charge >= 0.3 is 22.4 Å². The molecule has 0 aliphatic carbocycles. The van der Waals surface area contributed by atoms with Crippen LogP contribution in [0.1, 0.15) is 0 Å². The predicted octanol–water partition coefficient (Wildman–Crippen LogP) is 0.646. The van der Waals surface area contributed by atoms with Crippen LogP contribution in [0.2, 0.25) is 0 Å². The summed E-state index contributed by atoms with van der Waals surface area (Å²) in [4.78, 5) is -1.10. The maximum Gasteiger partial charge on any atom is 2.00 e.